The van der Waals surface area contributed by atoms with Crippen LogP contribution in [0, 0.1) is 23.7 Å². The maximum Gasteiger partial charge on any atom is 0.142 e. The van der Waals surface area contributed by atoms with Crippen LogP contribution in [0.3, 0.4) is 0 Å². The first-order chi connectivity index (χ1) is 6.77. The summed E-state index contributed by atoms with van der Waals surface area (Å²) in [4.78, 5) is 12.0. The summed E-state index contributed by atoms with van der Waals surface area (Å²) in [6.45, 7) is 0. The summed E-state index contributed by atoms with van der Waals surface area (Å²) in [7, 11) is 0. The molecule has 6 bridgehead atoms. The molecule has 5 rings (SSSR count). The van der Waals surface area contributed by atoms with Crippen LogP contribution in [0.25, 0.3) is 0 Å². The van der Waals surface area contributed by atoms with Crippen LogP contribution in [0.4, 0.5) is 0 Å². The summed E-state index contributed by atoms with van der Waals surface area (Å²) in [5.74, 6) is 1.32. The van der Waals surface area contributed by atoms with E-state index in [-0.39, 0.29) is 36.1 Å². The number of hydrogen-bond acceptors (Lipinski definition) is 3. The Hall–Kier alpha value is -0.410. The van der Waals surface area contributed by atoms with Gasteiger partial charge < -0.3 is 9.84 Å². The molecule has 0 amide bonds. The van der Waals surface area contributed by atoms with E-state index in [0.717, 1.165) is 19.3 Å². The standard InChI is InChI=1S/C11H14O3/c12-6-2-1-4-5-3-7-9(10(5)13)8(6)11(4)14-7/h4-9,11-12H,1-3H2/t4-,5-,6+,7-,8+,9+,11+/m0/s1. The maximum atomic E-state index is 12.0. The second kappa shape index (κ2) is 2.22. The van der Waals surface area contributed by atoms with Gasteiger partial charge in [-0.2, -0.15) is 0 Å². The van der Waals surface area contributed by atoms with Crippen molar-refractivity contribution in [2.24, 2.45) is 23.7 Å². The van der Waals surface area contributed by atoms with Crippen LogP contribution in [0.2, 0.25) is 0 Å². The Balaban J connectivity index is 1.86. The predicted molar refractivity (Wildman–Crippen MR) is 47.5 cm³/mol. The zero-order valence-electron chi connectivity index (χ0n) is 7.93. The quantitative estimate of drug-likeness (QED) is 0.605. The molecular weight excluding hydrogens is 180 g/mol. The average Bonchev–Trinajstić information content (AvgIpc) is 2.62. The van der Waals surface area contributed by atoms with Crippen molar-refractivity contribution in [1.29, 1.82) is 0 Å². The van der Waals surface area contributed by atoms with Gasteiger partial charge in [-0.15, -0.1) is 0 Å². The number of rotatable bonds is 0. The Morgan fingerprint density at radius 2 is 2.21 bits per heavy atom. The summed E-state index contributed by atoms with van der Waals surface area (Å²) in [5, 5.41) is 9.92. The van der Waals surface area contributed by atoms with E-state index in [9.17, 15) is 9.90 Å². The highest BCUT2D eigenvalue weighted by atomic mass is 16.5. The summed E-state index contributed by atoms with van der Waals surface area (Å²) >= 11 is 0. The Labute approximate surface area is 82.4 Å². The lowest BCUT2D eigenvalue weighted by Gasteiger charge is -2.44. The molecule has 14 heavy (non-hydrogen) atoms. The van der Waals surface area contributed by atoms with Gasteiger partial charge >= 0.3 is 0 Å². The molecular formula is C11H14O3. The molecule has 76 valence electrons. The van der Waals surface area contributed by atoms with Gasteiger partial charge in [0.05, 0.1) is 24.2 Å². The van der Waals surface area contributed by atoms with Crippen LogP contribution < -0.4 is 0 Å². The van der Waals surface area contributed by atoms with Gasteiger partial charge in [-0.05, 0) is 25.2 Å². The largest absolute Gasteiger partial charge is 0.393 e. The van der Waals surface area contributed by atoms with E-state index in [1.807, 2.05) is 0 Å². The van der Waals surface area contributed by atoms with Crippen LogP contribution in [0.1, 0.15) is 19.3 Å². The van der Waals surface area contributed by atoms with E-state index in [1.165, 1.54) is 0 Å². The average molecular weight is 194 g/mol. The predicted octanol–water partition coefficient (Wildman–Crippen LogP) is 0.360. The minimum absolute atomic E-state index is 0.0524. The van der Waals surface area contributed by atoms with Crippen molar-refractivity contribution in [3.63, 3.8) is 0 Å². The normalized spacial score (nSPS) is 63.8. The minimum atomic E-state index is -0.283. The van der Waals surface area contributed by atoms with Crippen molar-refractivity contribution in [3.8, 4) is 0 Å². The molecule has 5 aliphatic rings. The van der Waals surface area contributed by atoms with Crippen molar-refractivity contribution >= 4 is 5.78 Å². The summed E-state index contributed by atoms with van der Waals surface area (Å²) < 4.78 is 5.88. The fraction of sp³-hybridized carbons (Fsp3) is 0.909. The van der Waals surface area contributed by atoms with E-state index in [0.29, 0.717) is 11.7 Å². The van der Waals surface area contributed by atoms with E-state index < -0.39 is 0 Å². The number of aliphatic hydroxyl groups excluding tert-OH is 1. The van der Waals surface area contributed by atoms with Gasteiger partial charge in [-0.3, -0.25) is 4.79 Å². The number of hydrogen-bond donors (Lipinski definition) is 1. The smallest absolute Gasteiger partial charge is 0.142 e. The first kappa shape index (κ1) is 7.83. The molecule has 2 heterocycles. The molecule has 0 spiro atoms. The molecule has 0 unspecified atom stereocenters. The molecule has 1 N–H and O–H groups in total. The van der Waals surface area contributed by atoms with Gasteiger partial charge in [-0.25, -0.2) is 0 Å². The summed E-state index contributed by atoms with van der Waals surface area (Å²) in [5.41, 5.74) is 0. The van der Waals surface area contributed by atoms with Crippen molar-refractivity contribution in [2.45, 2.75) is 37.6 Å². The SMILES string of the molecule is O=C1[C@H]2[C@@H]3[C@@H]4O[C@H]2C[C@H]1[C@@H]4CC[C@H]3O. The van der Waals surface area contributed by atoms with Crippen molar-refractivity contribution < 1.29 is 14.6 Å². The third kappa shape index (κ3) is 0.654. The molecule has 0 aromatic heterocycles. The number of carbonyl (C=O) groups is 1. The van der Waals surface area contributed by atoms with Crippen molar-refractivity contribution in [2.75, 3.05) is 0 Å². The first-order valence-electron chi connectivity index (χ1n) is 5.64. The molecule has 3 heteroatoms. The van der Waals surface area contributed by atoms with Crippen LogP contribution in [0.15, 0.2) is 0 Å². The second-order valence-electron chi connectivity index (χ2n) is 5.30. The number of carbonyl (C=O) groups excluding carboxylic acids is 1. The van der Waals surface area contributed by atoms with Crippen LogP contribution in [-0.2, 0) is 9.53 Å². The van der Waals surface area contributed by atoms with Gasteiger partial charge in [0, 0.05) is 11.8 Å². The van der Waals surface area contributed by atoms with Gasteiger partial charge in [0.25, 0.3) is 0 Å². The highest BCUT2D eigenvalue weighted by Gasteiger charge is 2.67. The van der Waals surface area contributed by atoms with Gasteiger partial charge in [0.2, 0.25) is 0 Å². The minimum Gasteiger partial charge on any atom is -0.393 e. The molecule has 7 atom stereocenters. The second-order valence-corrected chi connectivity index (χ2v) is 5.30. The van der Waals surface area contributed by atoms with Gasteiger partial charge in [-0.1, -0.05) is 0 Å². The molecule has 5 fully saturated rings. The third-order valence-corrected chi connectivity index (χ3v) is 4.89. The summed E-state index contributed by atoms with van der Waals surface area (Å²) in [6.07, 6.45) is 2.89. The van der Waals surface area contributed by atoms with E-state index in [2.05, 4.69) is 0 Å². The Morgan fingerprint density at radius 1 is 1.36 bits per heavy atom. The Bertz CT molecular complexity index is 314. The third-order valence-electron chi connectivity index (χ3n) is 4.89. The van der Waals surface area contributed by atoms with E-state index >= 15 is 0 Å². The lowest BCUT2D eigenvalue weighted by atomic mass is 9.63. The lowest BCUT2D eigenvalue weighted by molar-refractivity contribution is -0.145. The highest BCUT2D eigenvalue weighted by Crippen LogP contribution is 2.59. The number of ether oxygens (including phenoxy) is 1. The van der Waals surface area contributed by atoms with Crippen molar-refractivity contribution in [1.82, 2.24) is 0 Å². The molecule has 2 aliphatic heterocycles. The fourth-order valence-electron chi connectivity index (χ4n) is 4.40. The van der Waals surface area contributed by atoms with Crippen molar-refractivity contribution in [3.05, 3.63) is 0 Å². The maximum absolute atomic E-state index is 12.0. The van der Waals surface area contributed by atoms with Crippen LogP contribution in [0.5, 0.6) is 0 Å². The molecule has 0 radical (unpaired) electrons. The first-order valence-corrected chi connectivity index (χ1v) is 5.64. The fourth-order valence-corrected chi connectivity index (χ4v) is 4.40. The van der Waals surface area contributed by atoms with E-state index in [4.69, 9.17) is 4.74 Å². The molecule has 3 aliphatic carbocycles. The molecule has 3 nitrogen and oxygen atoms in total. The Kier molecular flexibility index (Phi) is 1.24. The number of aliphatic hydroxyl groups is 1. The zero-order valence-corrected chi connectivity index (χ0v) is 7.93. The molecule has 2 saturated heterocycles. The molecule has 0 aromatic rings. The monoisotopic (exact) mass is 194 g/mol. The van der Waals surface area contributed by atoms with Crippen LogP contribution in [-0.4, -0.2) is 29.2 Å². The van der Waals surface area contributed by atoms with E-state index in [1.54, 1.807) is 0 Å². The topological polar surface area (TPSA) is 46.5 Å². The number of ketones is 1. The zero-order chi connectivity index (χ0) is 9.45. The van der Waals surface area contributed by atoms with Gasteiger partial charge in [0.1, 0.15) is 5.78 Å². The lowest BCUT2D eigenvalue weighted by Crippen LogP contribution is -2.51. The van der Waals surface area contributed by atoms with Crippen LogP contribution >= 0.6 is 0 Å². The number of Topliss-reactive ketones (excluding diaryl/α,β-unsaturated/α-hetero) is 1. The summed E-state index contributed by atoms with van der Waals surface area (Å²) in [6, 6.07) is 0. The molecule has 0 aromatic carbocycles. The van der Waals surface area contributed by atoms with Gasteiger partial charge in [0.15, 0.2) is 0 Å². The highest BCUT2D eigenvalue weighted by molar-refractivity contribution is 5.89. The Morgan fingerprint density at radius 3 is 3.07 bits per heavy atom. The molecule has 3 saturated carbocycles.